The number of aromatic nitrogens is 2. The van der Waals surface area contributed by atoms with Crippen molar-refractivity contribution in [3.63, 3.8) is 0 Å². The van der Waals surface area contributed by atoms with E-state index >= 15 is 0 Å². The van der Waals surface area contributed by atoms with Gasteiger partial charge >= 0.3 is 6.18 Å². The summed E-state index contributed by atoms with van der Waals surface area (Å²) in [6.45, 7) is 3.44. The number of likely N-dealkylation sites (tertiary alicyclic amines) is 1. The Morgan fingerprint density at radius 2 is 1.83 bits per heavy atom. The lowest BCUT2D eigenvalue weighted by atomic mass is 9.96. The van der Waals surface area contributed by atoms with E-state index < -0.39 is 12.6 Å². The summed E-state index contributed by atoms with van der Waals surface area (Å²) in [5.74, 6) is 0.838. The maximum absolute atomic E-state index is 13.0. The van der Waals surface area contributed by atoms with Crippen LogP contribution in [0.5, 0.6) is 0 Å². The van der Waals surface area contributed by atoms with E-state index in [2.05, 4.69) is 20.2 Å². The molecule has 3 heterocycles. The largest absolute Gasteiger partial charge is 0.393 e. The first kappa shape index (κ1) is 21.0. The number of rotatable bonds is 6. The van der Waals surface area contributed by atoms with Crippen molar-refractivity contribution in [2.45, 2.75) is 32.0 Å². The van der Waals surface area contributed by atoms with Crippen LogP contribution in [-0.2, 0) is 13.0 Å². The Labute approximate surface area is 176 Å². The van der Waals surface area contributed by atoms with Crippen LogP contribution in [0.2, 0.25) is 0 Å². The van der Waals surface area contributed by atoms with Crippen LogP contribution in [0.4, 0.5) is 23.4 Å². The molecule has 9 heteroatoms. The minimum absolute atomic E-state index is 0.224. The number of hydrogen-bond acceptors (Lipinski definition) is 5. The maximum atomic E-state index is 13.0. The van der Waals surface area contributed by atoms with Crippen LogP contribution < -0.4 is 5.32 Å². The highest BCUT2D eigenvalue weighted by Crippen LogP contribution is 2.32. The van der Waals surface area contributed by atoms with E-state index in [1.807, 2.05) is 12.1 Å². The molecule has 160 valence electrons. The smallest absolute Gasteiger partial charge is 0.369 e. The molecule has 0 unspecified atom stereocenters. The number of hydrogen-bond donors (Lipinski definition) is 1. The molecule has 30 heavy (non-hydrogen) atoms. The Bertz CT molecular complexity index is 979. The van der Waals surface area contributed by atoms with Crippen molar-refractivity contribution in [3.05, 3.63) is 52.9 Å². The molecule has 1 aromatic carbocycles. The lowest BCUT2D eigenvalue weighted by Crippen LogP contribution is -2.35. The fourth-order valence-corrected chi connectivity index (χ4v) is 4.80. The zero-order valence-electron chi connectivity index (χ0n) is 16.3. The number of halogens is 4. The van der Waals surface area contributed by atoms with Crippen LogP contribution in [0.3, 0.4) is 0 Å². The van der Waals surface area contributed by atoms with Crippen molar-refractivity contribution in [2.24, 2.45) is 5.92 Å². The summed E-state index contributed by atoms with van der Waals surface area (Å²) < 4.78 is 51.1. The Morgan fingerprint density at radius 3 is 2.53 bits per heavy atom. The van der Waals surface area contributed by atoms with Crippen molar-refractivity contribution in [2.75, 3.05) is 25.0 Å². The average molecular weight is 438 g/mol. The number of anilines is 1. The van der Waals surface area contributed by atoms with Gasteiger partial charge in [-0.1, -0.05) is 12.1 Å². The number of alkyl halides is 3. The summed E-state index contributed by atoms with van der Waals surface area (Å²) >= 11 is 1.06. The summed E-state index contributed by atoms with van der Waals surface area (Å²) in [5.41, 5.74) is 1.10. The highest BCUT2D eigenvalue weighted by molar-refractivity contribution is 7.18. The van der Waals surface area contributed by atoms with Gasteiger partial charge in [0.05, 0.1) is 11.8 Å². The molecule has 0 aliphatic carbocycles. The molecule has 1 aliphatic heterocycles. The molecule has 1 saturated heterocycles. The minimum atomic E-state index is -4.23. The van der Waals surface area contributed by atoms with Gasteiger partial charge in [-0.3, -0.25) is 4.90 Å². The first-order valence-corrected chi connectivity index (χ1v) is 10.7. The van der Waals surface area contributed by atoms with Gasteiger partial charge < -0.3 is 5.32 Å². The van der Waals surface area contributed by atoms with E-state index in [-0.39, 0.29) is 10.7 Å². The third-order valence-corrected chi connectivity index (χ3v) is 6.38. The summed E-state index contributed by atoms with van der Waals surface area (Å²) in [6.07, 6.45) is -1.75. The number of nitrogens with zero attached hydrogens (tertiary/aromatic N) is 3. The second kappa shape index (κ2) is 8.85. The predicted octanol–water partition coefficient (Wildman–Crippen LogP) is 5.26. The fraction of sp³-hybridized carbons (Fsp3) is 0.429. The monoisotopic (exact) mass is 438 g/mol. The normalized spacial score (nSPS) is 16.3. The number of benzene rings is 1. The highest BCUT2D eigenvalue weighted by atomic mass is 32.1. The number of thiophene rings is 1. The standard InChI is InChI=1S/C21H22F4N4S/c22-16-3-1-15(2-4-16)12-29-7-5-14(6-8-29)11-26-19-18-9-17(10-21(23,24)25)30-20(18)28-13-27-19/h1-4,9,13-14H,5-8,10-12H2,(H,26,27,28). The van der Waals surface area contributed by atoms with Crippen LogP contribution in [0.1, 0.15) is 23.3 Å². The molecule has 3 aromatic rings. The summed E-state index contributed by atoms with van der Waals surface area (Å²) in [7, 11) is 0. The third-order valence-electron chi connectivity index (χ3n) is 5.34. The van der Waals surface area contributed by atoms with Gasteiger partial charge in [0, 0.05) is 18.0 Å². The lowest BCUT2D eigenvalue weighted by Gasteiger charge is -2.32. The van der Waals surface area contributed by atoms with Crippen molar-refractivity contribution in [3.8, 4) is 0 Å². The molecule has 0 bridgehead atoms. The quantitative estimate of drug-likeness (QED) is 0.533. The number of piperidine rings is 1. The summed E-state index contributed by atoms with van der Waals surface area (Å²) in [5, 5.41) is 3.97. The summed E-state index contributed by atoms with van der Waals surface area (Å²) in [4.78, 5) is 11.5. The Balaban J connectivity index is 1.31. The molecule has 1 N–H and O–H groups in total. The van der Waals surface area contributed by atoms with Gasteiger partial charge in [-0.15, -0.1) is 11.3 Å². The van der Waals surface area contributed by atoms with E-state index in [9.17, 15) is 17.6 Å². The molecule has 0 radical (unpaired) electrons. The molecule has 0 saturated carbocycles. The van der Waals surface area contributed by atoms with E-state index in [0.29, 0.717) is 22.0 Å². The van der Waals surface area contributed by atoms with E-state index in [4.69, 9.17) is 0 Å². The molecule has 4 nitrogen and oxygen atoms in total. The van der Waals surface area contributed by atoms with Gasteiger partial charge in [0.15, 0.2) is 0 Å². The molecular formula is C21H22F4N4S. The van der Waals surface area contributed by atoms with E-state index in [1.165, 1.54) is 18.5 Å². The van der Waals surface area contributed by atoms with Crippen LogP contribution in [-0.4, -0.2) is 40.7 Å². The zero-order valence-corrected chi connectivity index (χ0v) is 17.1. The Hall–Kier alpha value is -2.26. The topological polar surface area (TPSA) is 41.0 Å². The maximum Gasteiger partial charge on any atom is 0.393 e. The van der Waals surface area contributed by atoms with Crippen molar-refractivity contribution in [1.29, 1.82) is 0 Å². The Morgan fingerprint density at radius 1 is 1.10 bits per heavy atom. The first-order chi connectivity index (χ1) is 14.4. The first-order valence-electron chi connectivity index (χ1n) is 9.86. The average Bonchev–Trinajstić information content (AvgIpc) is 3.10. The highest BCUT2D eigenvalue weighted by Gasteiger charge is 2.29. The van der Waals surface area contributed by atoms with Crippen molar-refractivity contribution in [1.82, 2.24) is 14.9 Å². The Kier molecular flexibility index (Phi) is 6.19. The fourth-order valence-electron chi connectivity index (χ4n) is 3.77. The molecule has 1 fully saturated rings. The molecule has 0 spiro atoms. The van der Waals surface area contributed by atoms with E-state index in [0.717, 1.165) is 55.9 Å². The van der Waals surface area contributed by atoms with Gasteiger partial charge in [-0.2, -0.15) is 13.2 Å². The molecular weight excluding hydrogens is 416 g/mol. The van der Waals surface area contributed by atoms with Gasteiger partial charge in [-0.05, 0) is 55.6 Å². The molecule has 1 aliphatic rings. The number of fused-ring (bicyclic) bond motifs is 1. The SMILES string of the molecule is Fc1ccc(CN2CCC(CNc3ncnc4sc(CC(F)(F)F)cc34)CC2)cc1. The lowest BCUT2D eigenvalue weighted by molar-refractivity contribution is -0.126. The second-order valence-corrected chi connectivity index (χ2v) is 8.79. The molecule has 4 rings (SSSR count). The third kappa shape index (κ3) is 5.46. The number of nitrogens with one attached hydrogen (secondary N) is 1. The van der Waals surface area contributed by atoms with E-state index in [1.54, 1.807) is 6.07 Å². The van der Waals surface area contributed by atoms with Crippen LogP contribution in [0, 0.1) is 11.7 Å². The van der Waals surface area contributed by atoms with Gasteiger partial charge in [-0.25, -0.2) is 14.4 Å². The minimum Gasteiger partial charge on any atom is -0.369 e. The van der Waals surface area contributed by atoms with Crippen LogP contribution in [0.25, 0.3) is 10.2 Å². The van der Waals surface area contributed by atoms with Crippen molar-refractivity contribution >= 4 is 27.4 Å². The summed E-state index contributed by atoms with van der Waals surface area (Å²) in [6, 6.07) is 8.15. The van der Waals surface area contributed by atoms with Gasteiger partial charge in [0.25, 0.3) is 0 Å². The van der Waals surface area contributed by atoms with Gasteiger partial charge in [0.2, 0.25) is 0 Å². The zero-order chi connectivity index (χ0) is 21.1. The van der Waals surface area contributed by atoms with Crippen molar-refractivity contribution < 1.29 is 17.6 Å². The molecule has 2 aromatic heterocycles. The van der Waals surface area contributed by atoms with Gasteiger partial charge in [0.1, 0.15) is 22.8 Å². The van der Waals surface area contributed by atoms with Crippen LogP contribution in [0.15, 0.2) is 36.7 Å². The predicted molar refractivity (Wildman–Crippen MR) is 110 cm³/mol. The molecule has 0 atom stereocenters. The van der Waals surface area contributed by atoms with Crippen LogP contribution >= 0.6 is 11.3 Å². The second-order valence-electron chi connectivity index (χ2n) is 7.67. The molecule has 0 amide bonds.